The molecule has 27 heavy (non-hydrogen) atoms. The van der Waals surface area contributed by atoms with Gasteiger partial charge < -0.3 is 14.8 Å². The van der Waals surface area contributed by atoms with E-state index in [2.05, 4.69) is 5.32 Å². The average Bonchev–Trinajstić information content (AvgIpc) is 3.10. The Labute approximate surface area is 156 Å². The maximum atomic E-state index is 14.2. The van der Waals surface area contributed by atoms with Gasteiger partial charge in [0.05, 0.1) is 13.2 Å². The fourth-order valence-corrected chi connectivity index (χ4v) is 3.35. The van der Waals surface area contributed by atoms with Crippen molar-refractivity contribution in [3.63, 3.8) is 0 Å². The lowest BCUT2D eigenvalue weighted by Crippen LogP contribution is -2.19. The van der Waals surface area contributed by atoms with E-state index in [0.717, 1.165) is 16.7 Å². The lowest BCUT2D eigenvalue weighted by molar-refractivity contribution is 0.132. The van der Waals surface area contributed by atoms with Crippen LogP contribution in [0.1, 0.15) is 23.3 Å². The number of methoxy groups -OCH3 is 1. The Morgan fingerprint density at radius 1 is 0.963 bits per heavy atom. The van der Waals surface area contributed by atoms with E-state index in [4.69, 9.17) is 9.47 Å². The van der Waals surface area contributed by atoms with Gasteiger partial charge in [-0.25, -0.2) is 9.18 Å². The molecule has 1 fully saturated rings. The minimum Gasteiger partial charge on any atom is -0.497 e. The third kappa shape index (κ3) is 3.36. The molecule has 1 amide bonds. The summed E-state index contributed by atoms with van der Waals surface area (Å²) in [5, 5.41) is 2.85. The molecule has 0 aromatic heterocycles. The second-order valence-corrected chi connectivity index (χ2v) is 6.33. The van der Waals surface area contributed by atoms with Gasteiger partial charge in [-0.1, -0.05) is 48.5 Å². The molecule has 3 aromatic rings. The van der Waals surface area contributed by atoms with Crippen molar-refractivity contribution in [2.24, 2.45) is 0 Å². The van der Waals surface area contributed by atoms with Crippen molar-refractivity contribution in [2.75, 3.05) is 7.11 Å². The first-order chi connectivity index (χ1) is 13.2. The van der Waals surface area contributed by atoms with Crippen LogP contribution >= 0.6 is 0 Å². The van der Waals surface area contributed by atoms with Crippen LogP contribution in [0.3, 0.4) is 0 Å². The van der Waals surface area contributed by atoms with Crippen LogP contribution in [0.2, 0.25) is 0 Å². The van der Waals surface area contributed by atoms with Gasteiger partial charge >= 0.3 is 6.09 Å². The van der Waals surface area contributed by atoms with Crippen molar-refractivity contribution >= 4 is 6.09 Å². The lowest BCUT2D eigenvalue weighted by atomic mass is 9.93. The molecule has 5 heteroatoms. The summed E-state index contributed by atoms with van der Waals surface area (Å²) in [4.78, 5) is 11.9. The average molecular weight is 363 g/mol. The molecule has 2 atom stereocenters. The minimum atomic E-state index is -0.497. The number of benzene rings is 3. The number of cyclic esters (lactones) is 1. The van der Waals surface area contributed by atoms with Crippen molar-refractivity contribution in [1.29, 1.82) is 0 Å². The third-order valence-corrected chi connectivity index (χ3v) is 4.66. The molecule has 0 aliphatic carbocycles. The van der Waals surface area contributed by atoms with Crippen molar-refractivity contribution < 1.29 is 18.7 Å². The zero-order chi connectivity index (χ0) is 18.8. The van der Waals surface area contributed by atoms with Crippen molar-refractivity contribution in [2.45, 2.75) is 12.1 Å². The monoisotopic (exact) mass is 363 g/mol. The number of carbonyl (C=O) groups is 1. The van der Waals surface area contributed by atoms with E-state index in [0.29, 0.717) is 11.3 Å². The summed E-state index contributed by atoms with van der Waals surface area (Å²) < 4.78 is 24.9. The van der Waals surface area contributed by atoms with E-state index in [1.165, 1.54) is 6.07 Å². The number of amides is 1. The van der Waals surface area contributed by atoms with Crippen LogP contribution in [-0.2, 0) is 4.74 Å². The van der Waals surface area contributed by atoms with E-state index in [9.17, 15) is 9.18 Å². The van der Waals surface area contributed by atoms with Crippen LogP contribution in [0.5, 0.6) is 5.75 Å². The highest BCUT2D eigenvalue weighted by atomic mass is 19.1. The summed E-state index contributed by atoms with van der Waals surface area (Å²) in [6.45, 7) is 0. The molecule has 0 saturated carbocycles. The Balaban J connectivity index is 1.72. The van der Waals surface area contributed by atoms with Gasteiger partial charge in [-0.3, -0.25) is 0 Å². The summed E-state index contributed by atoms with van der Waals surface area (Å²) in [7, 11) is 1.59. The Hall–Kier alpha value is -3.34. The summed E-state index contributed by atoms with van der Waals surface area (Å²) in [5.41, 5.74) is 2.93. The normalized spacial score (nSPS) is 18.7. The van der Waals surface area contributed by atoms with Gasteiger partial charge in [-0.05, 0) is 41.0 Å². The number of ether oxygens (including phenoxy) is 2. The maximum absolute atomic E-state index is 14.2. The zero-order valence-corrected chi connectivity index (χ0v) is 14.7. The number of halogens is 1. The molecule has 0 bridgehead atoms. The fraction of sp³-hybridized carbons (Fsp3) is 0.136. The van der Waals surface area contributed by atoms with Gasteiger partial charge in [0.1, 0.15) is 11.6 Å². The summed E-state index contributed by atoms with van der Waals surface area (Å²) in [6.07, 6.45) is -0.979. The molecule has 4 rings (SSSR count). The van der Waals surface area contributed by atoms with E-state index < -0.39 is 12.2 Å². The SMILES string of the molecule is COc1cccc([C@H]2OC(=O)N[C@@H]2c2cccc(-c3ccccc3F)c2)c1. The Morgan fingerprint density at radius 2 is 1.74 bits per heavy atom. The molecule has 1 heterocycles. The van der Waals surface area contributed by atoms with Crippen LogP contribution in [0.15, 0.2) is 72.8 Å². The molecule has 0 radical (unpaired) electrons. The molecular weight excluding hydrogens is 345 g/mol. The first-order valence-electron chi connectivity index (χ1n) is 8.61. The predicted molar refractivity (Wildman–Crippen MR) is 99.9 cm³/mol. The maximum Gasteiger partial charge on any atom is 0.408 e. The number of alkyl carbamates (subject to hydrolysis) is 1. The topological polar surface area (TPSA) is 47.6 Å². The highest BCUT2D eigenvalue weighted by molar-refractivity contribution is 5.72. The fourth-order valence-electron chi connectivity index (χ4n) is 3.35. The zero-order valence-electron chi connectivity index (χ0n) is 14.7. The highest BCUT2D eigenvalue weighted by Gasteiger charge is 2.36. The smallest absolute Gasteiger partial charge is 0.408 e. The Morgan fingerprint density at radius 3 is 2.56 bits per heavy atom. The number of carbonyl (C=O) groups excluding carboxylic acids is 1. The second kappa shape index (κ2) is 7.11. The molecule has 136 valence electrons. The first kappa shape index (κ1) is 17.1. The van der Waals surface area contributed by atoms with Crippen molar-refractivity contribution in [3.8, 4) is 16.9 Å². The standard InChI is InChI=1S/C22H18FNO3/c1-26-17-9-5-8-16(13-17)21-20(24-22(25)27-21)15-7-4-6-14(12-15)18-10-2-3-11-19(18)23/h2-13,20-21H,1H3,(H,24,25)/t20-,21-/m1/s1. The van der Waals surface area contributed by atoms with Crippen LogP contribution in [0, 0.1) is 5.82 Å². The number of nitrogens with one attached hydrogen (secondary N) is 1. The third-order valence-electron chi connectivity index (χ3n) is 4.66. The molecule has 1 saturated heterocycles. The largest absolute Gasteiger partial charge is 0.497 e. The molecule has 1 aliphatic heterocycles. The molecular formula is C22H18FNO3. The Kier molecular flexibility index (Phi) is 4.50. The predicted octanol–water partition coefficient (Wildman–Crippen LogP) is 5.02. The quantitative estimate of drug-likeness (QED) is 0.708. The van der Waals surface area contributed by atoms with Crippen LogP contribution in [0.25, 0.3) is 11.1 Å². The van der Waals surface area contributed by atoms with Gasteiger partial charge in [0.25, 0.3) is 0 Å². The van der Waals surface area contributed by atoms with Crippen molar-refractivity contribution in [1.82, 2.24) is 5.32 Å². The van der Waals surface area contributed by atoms with Crippen molar-refractivity contribution in [3.05, 3.63) is 89.7 Å². The van der Waals surface area contributed by atoms with E-state index in [-0.39, 0.29) is 11.9 Å². The molecule has 0 spiro atoms. The summed E-state index contributed by atoms with van der Waals surface area (Å²) >= 11 is 0. The summed E-state index contributed by atoms with van der Waals surface area (Å²) in [6, 6.07) is 21.1. The lowest BCUT2D eigenvalue weighted by Gasteiger charge is -2.19. The van der Waals surface area contributed by atoms with Crippen LogP contribution in [0.4, 0.5) is 9.18 Å². The van der Waals surface area contributed by atoms with Gasteiger partial charge in [-0.2, -0.15) is 0 Å². The first-order valence-corrected chi connectivity index (χ1v) is 8.61. The van der Waals surface area contributed by atoms with Gasteiger partial charge in [0.2, 0.25) is 0 Å². The van der Waals surface area contributed by atoms with Gasteiger partial charge in [0, 0.05) is 5.56 Å². The molecule has 1 N–H and O–H groups in total. The molecule has 4 nitrogen and oxygen atoms in total. The van der Waals surface area contributed by atoms with E-state index >= 15 is 0 Å². The number of hydrogen-bond acceptors (Lipinski definition) is 3. The number of hydrogen-bond donors (Lipinski definition) is 1. The van der Waals surface area contributed by atoms with Gasteiger partial charge in [-0.15, -0.1) is 0 Å². The highest BCUT2D eigenvalue weighted by Crippen LogP contribution is 2.38. The second-order valence-electron chi connectivity index (χ2n) is 6.33. The van der Waals surface area contributed by atoms with Crippen LogP contribution in [-0.4, -0.2) is 13.2 Å². The number of rotatable bonds is 4. The van der Waals surface area contributed by atoms with E-state index in [1.54, 1.807) is 25.3 Å². The summed E-state index contributed by atoms with van der Waals surface area (Å²) in [5.74, 6) is 0.403. The minimum absolute atomic E-state index is 0.286. The molecule has 1 aliphatic rings. The van der Waals surface area contributed by atoms with Crippen LogP contribution < -0.4 is 10.1 Å². The Bertz CT molecular complexity index is 989. The molecule has 3 aromatic carbocycles. The molecule has 0 unspecified atom stereocenters. The van der Waals surface area contributed by atoms with Gasteiger partial charge in [0.15, 0.2) is 6.10 Å². The van der Waals surface area contributed by atoms with E-state index in [1.807, 2.05) is 48.5 Å².